The molecule has 0 unspecified atom stereocenters. The van der Waals surface area contributed by atoms with Crippen LogP contribution < -0.4 is 0 Å². The zero-order valence-corrected chi connectivity index (χ0v) is 6.56. The molecule has 0 rings (SSSR count). The maximum Gasteiger partial charge on any atom is 0.349 e. The lowest BCUT2D eigenvalue weighted by Gasteiger charge is -1.93. The van der Waals surface area contributed by atoms with E-state index in [1.807, 2.05) is 0 Å². The Morgan fingerprint density at radius 1 is 1.50 bits per heavy atom. The van der Waals surface area contributed by atoms with E-state index in [1.54, 1.807) is 6.92 Å². The molecule has 4 nitrogen and oxygen atoms in total. The van der Waals surface area contributed by atoms with E-state index in [1.165, 1.54) is 0 Å². The average molecular weight is 164 g/mol. The summed E-state index contributed by atoms with van der Waals surface area (Å²) in [6.45, 7) is 1.57. The monoisotopic (exact) mass is 164 g/mol. The molecule has 0 aliphatic heterocycles. The van der Waals surface area contributed by atoms with Crippen LogP contribution in [0.4, 0.5) is 0 Å². The highest BCUT2D eigenvalue weighted by Crippen LogP contribution is 1.85. The number of rotatable bonds is 2. The van der Waals surface area contributed by atoms with Crippen molar-refractivity contribution in [2.45, 2.75) is 13.3 Å². The van der Waals surface area contributed by atoms with Crippen LogP contribution in [0.15, 0.2) is 0 Å². The van der Waals surface area contributed by atoms with Crippen LogP contribution in [0, 0.1) is 0 Å². The molecule has 58 valence electrons. The van der Waals surface area contributed by atoms with Crippen LogP contribution in [-0.2, 0) is 19.8 Å². The summed E-state index contributed by atoms with van der Waals surface area (Å²) in [5, 5.41) is 0. The van der Waals surface area contributed by atoms with E-state index in [0.29, 0.717) is 0 Å². The molecule has 10 heavy (non-hydrogen) atoms. The van der Waals surface area contributed by atoms with Crippen molar-refractivity contribution < 1.29 is 17.9 Å². The van der Waals surface area contributed by atoms with Crippen LogP contribution in [0.2, 0.25) is 0 Å². The van der Waals surface area contributed by atoms with Crippen molar-refractivity contribution in [3.63, 3.8) is 0 Å². The van der Waals surface area contributed by atoms with Crippen LogP contribution in [0.1, 0.15) is 13.3 Å². The fraction of sp³-hybridized carbons (Fsp3) is 0.600. The number of hydrogen-bond acceptors (Lipinski definition) is 4. The van der Waals surface area contributed by atoms with Gasteiger partial charge in [0.2, 0.25) is 10.3 Å². The molecule has 0 aromatic heterocycles. The molecule has 0 amide bonds. The van der Waals surface area contributed by atoms with Crippen molar-refractivity contribution in [3.05, 3.63) is 0 Å². The van der Waals surface area contributed by atoms with E-state index < -0.39 is 16.3 Å². The maximum atomic E-state index is 10.5. The van der Waals surface area contributed by atoms with Crippen molar-refractivity contribution in [2.75, 3.05) is 7.11 Å². The summed E-state index contributed by atoms with van der Waals surface area (Å²) in [6, 6.07) is 0. The smallest absolute Gasteiger partial charge is 0.349 e. The lowest BCUT2D eigenvalue weighted by molar-refractivity contribution is -0.132. The van der Waals surface area contributed by atoms with Gasteiger partial charge in [0.25, 0.3) is 0 Å². The summed E-state index contributed by atoms with van der Waals surface area (Å²) in [5.74, 6) is -0.782. The minimum atomic E-state index is -2.44. The number of hydrogen-bond donors (Lipinski definition) is 0. The summed E-state index contributed by atoms with van der Waals surface area (Å²) in [5.41, 5.74) is 0. The third kappa shape index (κ3) is 2.18. The highest BCUT2D eigenvalue weighted by Gasteiger charge is 2.09. The molecular weight excluding hydrogens is 156 g/mol. The van der Waals surface area contributed by atoms with Crippen LogP contribution in [0.5, 0.6) is 0 Å². The molecule has 0 spiro atoms. The molecule has 0 fully saturated rings. The molecule has 0 bridgehead atoms. The van der Waals surface area contributed by atoms with Gasteiger partial charge in [-0.1, -0.05) is 6.92 Å². The van der Waals surface area contributed by atoms with Crippen LogP contribution in [0.25, 0.3) is 0 Å². The van der Waals surface area contributed by atoms with E-state index in [9.17, 15) is 13.2 Å². The minimum absolute atomic E-state index is 0.169. The first-order valence-corrected chi connectivity index (χ1v) is 3.74. The first kappa shape index (κ1) is 9.16. The molecular formula is C5H8O4S. The maximum absolute atomic E-state index is 10.5. The van der Waals surface area contributed by atoms with Gasteiger partial charge in [-0.05, 0) is 6.42 Å². The SMILES string of the molecule is CCC(C(=O)OC)=S(=O)=O. The normalized spacial score (nSPS) is 8.60. The summed E-state index contributed by atoms with van der Waals surface area (Å²) >= 11 is 0. The second-order valence-corrected chi connectivity index (χ2v) is 2.47. The van der Waals surface area contributed by atoms with Gasteiger partial charge in [-0.25, -0.2) is 4.79 Å². The predicted octanol–water partition coefficient (Wildman–Crippen LogP) is -0.379. The Labute approximate surface area is 60.3 Å². The highest BCUT2D eigenvalue weighted by molar-refractivity contribution is 7.74. The Balaban J connectivity index is 4.73. The van der Waals surface area contributed by atoms with Gasteiger partial charge in [0.05, 0.1) is 7.11 Å². The summed E-state index contributed by atoms with van der Waals surface area (Å²) < 4.78 is 24.6. The first-order valence-electron chi connectivity index (χ1n) is 2.66. The van der Waals surface area contributed by atoms with Gasteiger partial charge in [0, 0.05) is 0 Å². The number of ether oxygens (including phenoxy) is 1. The molecule has 0 heterocycles. The molecule has 0 N–H and O–H groups in total. The Morgan fingerprint density at radius 2 is 2.00 bits per heavy atom. The van der Waals surface area contributed by atoms with Crippen LogP contribution in [0.3, 0.4) is 0 Å². The second kappa shape index (κ2) is 4.05. The quantitative estimate of drug-likeness (QED) is 0.412. The Morgan fingerprint density at radius 3 is 2.10 bits per heavy atom. The number of methoxy groups -OCH3 is 1. The summed E-state index contributed by atoms with van der Waals surface area (Å²) in [6.07, 6.45) is 0.169. The Kier molecular flexibility index (Phi) is 3.71. The standard InChI is InChI=1S/C5H8O4S/c1-3-4(10(7)8)5(6)9-2/h3H2,1-2H3. The van der Waals surface area contributed by atoms with E-state index in [2.05, 4.69) is 4.74 Å². The van der Waals surface area contributed by atoms with E-state index in [4.69, 9.17) is 0 Å². The lowest BCUT2D eigenvalue weighted by atomic mass is 10.3. The molecule has 0 aromatic rings. The molecule has 0 saturated carbocycles. The zero-order valence-electron chi connectivity index (χ0n) is 5.75. The Hall–Kier alpha value is -0.840. The van der Waals surface area contributed by atoms with Crippen molar-refractivity contribution in [2.24, 2.45) is 0 Å². The average Bonchev–Trinajstić information content (AvgIpc) is 1.88. The lowest BCUT2D eigenvalue weighted by Crippen LogP contribution is -2.15. The second-order valence-electron chi connectivity index (χ2n) is 1.50. The van der Waals surface area contributed by atoms with Crippen molar-refractivity contribution in [1.29, 1.82) is 0 Å². The topological polar surface area (TPSA) is 60.4 Å². The molecule has 0 atom stereocenters. The van der Waals surface area contributed by atoms with Crippen molar-refractivity contribution >= 4 is 21.1 Å². The molecule has 5 heteroatoms. The molecule has 0 aliphatic carbocycles. The van der Waals surface area contributed by atoms with Crippen molar-refractivity contribution in [1.82, 2.24) is 0 Å². The molecule has 0 saturated heterocycles. The fourth-order valence-electron chi connectivity index (χ4n) is 0.444. The summed E-state index contributed by atoms with van der Waals surface area (Å²) in [4.78, 5) is 10.3. The van der Waals surface area contributed by atoms with Gasteiger partial charge in [0.1, 0.15) is 0 Å². The fourth-order valence-corrected chi connectivity index (χ4v) is 0.899. The number of esters is 1. The third-order valence-corrected chi connectivity index (χ3v) is 1.79. The molecule has 0 aliphatic rings. The highest BCUT2D eigenvalue weighted by atomic mass is 32.2. The Bertz CT molecular complexity index is 241. The van der Waals surface area contributed by atoms with Gasteiger partial charge in [-0.3, -0.25) is 0 Å². The van der Waals surface area contributed by atoms with Gasteiger partial charge >= 0.3 is 5.97 Å². The van der Waals surface area contributed by atoms with Gasteiger partial charge in [-0.15, -0.1) is 0 Å². The minimum Gasteiger partial charge on any atom is -0.465 e. The molecule has 0 radical (unpaired) electrons. The predicted molar refractivity (Wildman–Crippen MR) is 36.2 cm³/mol. The van der Waals surface area contributed by atoms with Crippen LogP contribution in [-0.4, -0.2) is 26.4 Å². The third-order valence-electron chi connectivity index (χ3n) is 0.935. The van der Waals surface area contributed by atoms with Crippen LogP contribution >= 0.6 is 0 Å². The molecule has 0 aromatic carbocycles. The van der Waals surface area contributed by atoms with E-state index in [0.717, 1.165) is 7.11 Å². The largest absolute Gasteiger partial charge is 0.465 e. The summed E-state index contributed by atoms with van der Waals surface area (Å²) in [7, 11) is -1.30. The van der Waals surface area contributed by atoms with Gasteiger partial charge < -0.3 is 4.74 Å². The first-order chi connectivity index (χ1) is 4.63. The number of carbonyl (C=O) groups is 1. The number of carbonyl (C=O) groups excluding carboxylic acids is 1. The van der Waals surface area contributed by atoms with Crippen molar-refractivity contribution in [3.8, 4) is 0 Å². The van der Waals surface area contributed by atoms with E-state index in [-0.39, 0.29) is 11.3 Å². The van der Waals surface area contributed by atoms with Gasteiger partial charge in [0.15, 0.2) is 4.86 Å². The zero-order chi connectivity index (χ0) is 8.15. The van der Waals surface area contributed by atoms with Gasteiger partial charge in [-0.2, -0.15) is 8.42 Å². The van der Waals surface area contributed by atoms with E-state index >= 15 is 0 Å².